The molecule has 3 rings (SSSR count). The van der Waals surface area contributed by atoms with Crippen molar-refractivity contribution >= 4 is 0 Å². The Balaban J connectivity index is 1.57. The van der Waals surface area contributed by atoms with Gasteiger partial charge in [-0.25, -0.2) is 0 Å². The first-order chi connectivity index (χ1) is 9.07. The highest BCUT2D eigenvalue weighted by atomic mass is 16.5. The fraction of sp³-hybridized carbons (Fsp3) is 1.00. The van der Waals surface area contributed by atoms with E-state index in [2.05, 4.69) is 18.7 Å². The van der Waals surface area contributed by atoms with Gasteiger partial charge in [-0.2, -0.15) is 0 Å². The largest absolute Gasteiger partial charge is 0.391 e. The summed E-state index contributed by atoms with van der Waals surface area (Å²) >= 11 is 0. The number of nitrogens with zero attached hydrogens (tertiary/aromatic N) is 1. The predicted octanol–water partition coefficient (Wildman–Crippen LogP) is 2.28. The molecule has 0 radical (unpaired) electrons. The molecule has 3 heteroatoms. The average molecular weight is 267 g/mol. The zero-order valence-corrected chi connectivity index (χ0v) is 12.5. The van der Waals surface area contributed by atoms with Gasteiger partial charge in [-0.1, -0.05) is 6.42 Å². The predicted molar refractivity (Wildman–Crippen MR) is 76.0 cm³/mol. The summed E-state index contributed by atoms with van der Waals surface area (Å²) in [4.78, 5) is 2.41. The van der Waals surface area contributed by atoms with Crippen LogP contribution in [0, 0.1) is 17.8 Å². The molecule has 0 aromatic rings. The Morgan fingerprint density at radius 1 is 1.21 bits per heavy atom. The molecule has 4 atom stereocenters. The summed E-state index contributed by atoms with van der Waals surface area (Å²) in [5, 5.41) is 10.7. The summed E-state index contributed by atoms with van der Waals surface area (Å²) in [5.41, 5.74) is -0.106. The van der Waals surface area contributed by atoms with Gasteiger partial charge in [0.25, 0.3) is 0 Å². The van der Waals surface area contributed by atoms with Gasteiger partial charge in [-0.3, -0.25) is 4.90 Å². The topological polar surface area (TPSA) is 32.7 Å². The first-order valence-electron chi connectivity index (χ1n) is 8.08. The first-order valence-corrected chi connectivity index (χ1v) is 8.08. The zero-order chi connectivity index (χ0) is 13.5. The lowest BCUT2D eigenvalue weighted by Gasteiger charge is -2.44. The lowest BCUT2D eigenvalue weighted by atomic mass is 9.80. The van der Waals surface area contributed by atoms with E-state index in [1.807, 2.05) is 0 Å². The quantitative estimate of drug-likeness (QED) is 0.848. The molecule has 0 spiro atoms. The van der Waals surface area contributed by atoms with Crippen LogP contribution in [0.2, 0.25) is 0 Å². The van der Waals surface area contributed by atoms with Gasteiger partial charge in [-0.05, 0) is 57.3 Å². The summed E-state index contributed by atoms with van der Waals surface area (Å²) < 4.78 is 5.42. The van der Waals surface area contributed by atoms with E-state index < -0.39 is 0 Å². The standard InChI is InChI=1S/C16H29NO2/c1-16(2,17-5-7-19-8-6-17)15(18)11-14-10-12-3-4-13(14)9-12/h12-15,18H,3-11H2,1-2H3. The van der Waals surface area contributed by atoms with E-state index in [1.165, 1.54) is 25.7 Å². The summed E-state index contributed by atoms with van der Waals surface area (Å²) in [5.74, 6) is 2.68. The number of fused-ring (bicyclic) bond motifs is 2. The number of aliphatic hydroxyl groups excluding tert-OH is 1. The van der Waals surface area contributed by atoms with Gasteiger partial charge in [0, 0.05) is 18.6 Å². The van der Waals surface area contributed by atoms with Crippen LogP contribution >= 0.6 is 0 Å². The van der Waals surface area contributed by atoms with Gasteiger partial charge in [0.15, 0.2) is 0 Å². The Morgan fingerprint density at radius 3 is 2.53 bits per heavy atom. The van der Waals surface area contributed by atoms with Crippen molar-refractivity contribution in [3.63, 3.8) is 0 Å². The van der Waals surface area contributed by atoms with Crippen LogP contribution < -0.4 is 0 Å². The lowest BCUT2D eigenvalue weighted by molar-refractivity contribution is -0.0698. The molecule has 0 amide bonds. The molecule has 2 bridgehead atoms. The van der Waals surface area contributed by atoms with E-state index in [0.29, 0.717) is 0 Å². The SMILES string of the molecule is CC(C)(C(O)CC1CC2CCC1C2)N1CCOCC1. The third-order valence-corrected chi connectivity index (χ3v) is 6.05. The van der Waals surface area contributed by atoms with Crippen LogP contribution in [0.3, 0.4) is 0 Å². The summed E-state index contributed by atoms with van der Waals surface area (Å²) in [7, 11) is 0. The van der Waals surface area contributed by atoms with Crippen LogP contribution in [0.4, 0.5) is 0 Å². The lowest BCUT2D eigenvalue weighted by Crippen LogP contribution is -2.56. The molecule has 1 heterocycles. The second-order valence-electron chi connectivity index (χ2n) is 7.44. The molecule has 4 unspecified atom stereocenters. The van der Waals surface area contributed by atoms with Crippen molar-refractivity contribution < 1.29 is 9.84 Å². The normalized spacial score (nSPS) is 37.7. The van der Waals surface area contributed by atoms with Gasteiger partial charge in [-0.15, -0.1) is 0 Å². The number of morpholine rings is 1. The number of hydrogen-bond acceptors (Lipinski definition) is 3. The second-order valence-corrected chi connectivity index (χ2v) is 7.44. The molecule has 110 valence electrons. The Hall–Kier alpha value is -0.120. The van der Waals surface area contributed by atoms with Crippen LogP contribution in [0.15, 0.2) is 0 Å². The van der Waals surface area contributed by atoms with Crippen LogP contribution in [-0.4, -0.2) is 48.0 Å². The number of hydrogen-bond donors (Lipinski definition) is 1. The van der Waals surface area contributed by atoms with Gasteiger partial charge in [0.2, 0.25) is 0 Å². The summed E-state index contributed by atoms with van der Waals surface area (Å²) in [6, 6.07) is 0. The maximum Gasteiger partial charge on any atom is 0.0721 e. The van der Waals surface area contributed by atoms with Gasteiger partial charge < -0.3 is 9.84 Å². The molecule has 0 aromatic heterocycles. The molecule has 3 fully saturated rings. The Kier molecular flexibility index (Phi) is 3.89. The molecule has 2 saturated carbocycles. The molecule has 1 saturated heterocycles. The molecule has 2 aliphatic carbocycles. The van der Waals surface area contributed by atoms with Crippen LogP contribution in [-0.2, 0) is 4.74 Å². The van der Waals surface area contributed by atoms with Gasteiger partial charge in [0.1, 0.15) is 0 Å². The number of aliphatic hydroxyl groups is 1. The fourth-order valence-electron chi connectivity index (χ4n) is 4.59. The third-order valence-electron chi connectivity index (χ3n) is 6.05. The Morgan fingerprint density at radius 2 is 1.95 bits per heavy atom. The van der Waals surface area contributed by atoms with Crippen LogP contribution in [0.25, 0.3) is 0 Å². The molecular weight excluding hydrogens is 238 g/mol. The van der Waals surface area contributed by atoms with Crippen molar-refractivity contribution in [2.24, 2.45) is 17.8 Å². The molecule has 1 aliphatic heterocycles. The third kappa shape index (κ3) is 2.70. The second kappa shape index (κ2) is 5.34. The van der Waals surface area contributed by atoms with Crippen LogP contribution in [0.1, 0.15) is 46.0 Å². The molecule has 3 aliphatic rings. The van der Waals surface area contributed by atoms with E-state index in [1.54, 1.807) is 0 Å². The van der Waals surface area contributed by atoms with E-state index >= 15 is 0 Å². The molecule has 19 heavy (non-hydrogen) atoms. The highest BCUT2D eigenvalue weighted by Gasteiger charge is 2.43. The minimum Gasteiger partial charge on any atom is -0.391 e. The Bertz CT molecular complexity index is 312. The average Bonchev–Trinajstić information content (AvgIpc) is 3.02. The highest BCUT2D eigenvalue weighted by Crippen LogP contribution is 2.50. The van der Waals surface area contributed by atoms with Crippen molar-refractivity contribution in [2.75, 3.05) is 26.3 Å². The maximum atomic E-state index is 10.7. The molecule has 3 nitrogen and oxygen atoms in total. The minimum atomic E-state index is -0.199. The van der Waals surface area contributed by atoms with E-state index in [0.717, 1.165) is 50.5 Å². The van der Waals surface area contributed by atoms with Crippen molar-refractivity contribution in [2.45, 2.75) is 57.6 Å². The zero-order valence-electron chi connectivity index (χ0n) is 12.5. The van der Waals surface area contributed by atoms with E-state index in [-0.39, 0.29) is 11.6 Å². The maximum absolute atomic E-state index is 10.7. The molecule has 0 aromatic carbocycles. The summed E-state index contributed by atoms with van der Waals surface area (Å²) in [6.07, 6.45) is 6.49. The van der Waals surface area contributed by atoms with Crippen molar-refractivity contribution in [1.29, 1.82) is 0 Å². The van der Waals surface area contributed by atoms with E-state index in [9.17, 15) is 5.11 Å². The summed E-state index contributed by atoms with van der Waals surface area (Å²) in [6.45, 7) is 7.95. The molecule has 1 N–H and O–H groups in total. The monoisotopic (exact) mass is 267 g/mol. The molecular formula is C16H29NO2. The smallest absolute Gasteiger partial charge is 0.0721 e. The van der Waals surface area contributed by atoms with Crippen LogP contribution in [0.5, 0.6) is 0 Å². The number of ether oxygens (including phenoxy) is 1. The first kappa shape index (κ1) is 13.8. The van der Waals surface area contributed by atoms with Gasteiger partial charge >= 0.3 is 0 Å². The van der Waals surface area contributed by atoms with Gasteiger partial charge in [0.05, 0.1) is 19.3 Å². The minimum absolute atomic E-state index is 0.106. The Labute approximate surface area is 117 Å². The van der Waals surface area contributed by atoms with Crippen molar-refractivity contribution in [3.8, 4) is 0 Å². The fourth-order valence-corrected chi connectivity index (χ4v) is 4.59. The van der Waals surface area contributed by atoms with E-state index in [4.69, 9.17) is 4.74 Å². The van der Waals surface area contributed by atoms with Crippen molar-refractivity contribution in [1.82, 2.24) is 4.90 Å². The van der Waals surface area contributed by atoms with Crippen molar-refractivity contribution in [3.05, 3.63) is 0 Å². The number of rotatable bonds is 4. The highest BCUT2D eigenvalue weighted by molar-refractivity contribution is 4.96.